The highest BCUT2D eigenvalue weighted by Gasteiger charge is 2.37. The lowest BCUT2D eigenvalue weighted by Crippen LogP contribution is -2.32. The van der Waals surface area contributed by atoms with Gasteiger partial charge in [0.05, 0.1) is 13.1 Å². The molecule has 0 atom stereocenters. The van der Waals surface area contributed by atoms with Crippen LogP contribution in [0.5, 0.6) is 0 Å². The third-order valence-corrected chi connectivity index (χ3v) is 6.49. The van der Waals surface area contributed by atoms with E-state index in [2.05, 4.69) is 93.8 Å². The average Bonchev–Trinajstić information content (AvgIpc) is 3.50. The molecule has 3 rings (SSSR count). The van der Waals surface area contributed by atoms with Crippen molar-refractivity contribution in [3.05, 3.63) is 72.8 Å². The van der Waals surface area contributed by atoms with Gasteiger partial charge in [0, 0.05) is 0 Å². The van der Waals surface area contributed by atoms with Crippen molar-refractivity contribution in [2.75, 3.05) is 0 Å². The van der Waals surface area contributed by atoms with E-state index >= 15 is 0 Å². The molecule has 0 fully saturated rings. The molecule has 2 heterocycles. The Labute approximate surface area is 240 Å². The molecule has 0 unspecified atom stereocenters. The first-order valence-corrected chi connectivity index (χ1v) is 15.3. The van der Waals surface area contributed by atoms with Crippen molar-refractivity contribution in [3.8, 4) is 0 Å². The molecule has 0 amide bonds. The number of rotatable bonds is 10. The van der Waals surface area contributed by atoms with Gasteiger partial charge < -0.3 is 9.11 Å². The summed E-state index contributed by atoms with van der Waals surface area (Å²) in [6.07, 6.45) is 18.0. The standard InChI is InChI=1S/C22H32N4.2CHF3O3S/c1-3-5-11-23-13-15-25(19-23)17-21-7-9-22(10-8-21)18-26-16-14-24(20-26)12-6-4-2;2*2-1(3,4)8(5,6)7/h7-10,13-16,19-20H,3-6,11-12,17-18H2,1-2H3;2*(H,5,6,7)/q+2;;/p-2. The van der Waals surface area contributed by atoms with Gasteiger partial charge in [-0.15, -0.1) is 0 Å². The maximum Gasteiger partial charge on any atom is 0.485 e. The van der Waals surface area contributed by atoms with E-state index in [9.17, 15) is 26.3 Å². The van der Waals surface area contributed by atoms with Gasteiger partial charge in [-0.05, 0) is 24.0 Å². The normalized spacial score (nSPS) is 12.2. The van der Waals surface area contributed by atoms with Crippen LogP contribution in [0.15, 0.2) is 61.7 Å². The van der Waals surface area contributed by atoms with E-state index in [1.807, 2.05) is 0 Å². The summed E-state index contributed by atoms with van der Waals surface area (Å²) in [5.41, 5.74) is -8.60. The molecule has 0 spiro atoms. The molecule has 0 saturated carbocycles. The number of aryl methyl sites for hydroxylation is 2. The van der Waals surface area contributed by atoms with Gasteiger partial charge in [0.15, 0.2) is 20.2 Å². The second-order valence-corrected chi connectivity index (χ2v) is 11.7. The maximum absolute atomic E-state index is 10.7. The molecule has 18 heteroatoms. The van der Waals surface area contributed by atoms with Gasteiger partial charge in [0.2, 0.25) is 12.7 Å². The Bertz CT molecular complexity index is 1330. The number of hydrogen-bond acceptors (Lipinski definition) is 6. The summed E-state index contributed by atoms with van der Waals surface area (Å²) in [6.45, 7) is 8.55. The predicted molar refractivity (Wildman–Crippen MR) is 135 cm³/mol. The van der Waals surface area contributed by atoms with Crippen molar-refractivity contribution >= 4 is 20.2 Å². The van der Waals surface area contributed by atoms with Crippen LogP contribution in [0.3, 0.4) is 0 Å². The molecule has 238 valence electrons. The molecule has 0 aliphatic carbocycles. The molecule has 0 radical (unpaired) electrons. The van der Waals surface area contributed by atoms with Crippen molar-refractivity contribution in [3.63, 3.8) is 0 Å². The van der Waals surface area contributed by atoms with E-state index in [1.165, 1.54) is 36.8 Å². The van der Waals surface area contributed by atoms with Crippen LogP contribution in [0.2, 0.25) is 0 Å². The fourth-order valence-corrected chi connectivity index (χ4v) is 3.18. The minimum Gasteiger partial charge on any atom is -0.741 e. The molecule has 3 aromatic rings. The fraction of sp³-hybridized carbons (Fsp3) is 0.500. The Hall–Kier alpha value is -2.96. The van der Waals surface area contributed by atoms with Crippen LogP contribution < -0.4 is 9.13 Å². The molecule has 0 saturated heterocycles. The van der Waals surface area contributed by atoms with Crippen LogP contribution in [0.25, 0.3) is 0 Å². The lowest BCUT2D eigenvalue weighted by atomic mass is 10.1. The van der Waals surface area contributed by atoms with Crippen molar-refractivity contribution in [2.24, 2.45) is 0 Å². The maximum atomic E-state index is 10.7. The summed E-state index contributed by atoms with van der Waals surface area (Å²) < 4.78 is 127. The molecule has 42 heavy (non-hydrogen) atoms. The molecular weight excluding hydrogens is 618 g/mol. The van der Waals surface area contributed by atoms with Gasteiger partial charge in [-0.2, -0.15) is 26.3 Å². The van der Waals surface area contributed by atoms with Gasteiger partial charge in [0.1, 0.15) is 37.9 Å². The van der Waals surface area contributed by atoms with E-state index in [0.717, 1.165) is 26.2 Å². The third kappa shape index (κ3) is 13.8. The van der Waals surface area contributed by atoms with Crippen molar-refractivity contribution < 1.29 is 61.4 Å². The number of benzene rings is 1. The number of halogens is 6. The van der Waals surface area contributed by atoms with Crippen molar-refractivity contribution in [1.82, 2.24) is 9.13 Å². The van der Waals surface area contributed by atoms with Crippen LogP contribution in [0.1, 0.15) is 50.7 Å². The van der Waals surface area contributed by atoms with E-state index in [-0.39, 0.29) is 0 Å². The SMILES string of the molecule is CCCCn1cc[n+](Cc2ccc(C[n+]3ccn(CCCC)c3)cc2)c1.O=S(=O)([O-])C(F)(F)F.O=S(=O)([O-])C(F)(F)F. The van der Waals surface area contributed by atoms with Crippen LogP contribution in [0, 0.1) is 0 Å². The molecule has 10 nitrogen and oxygen atoms in total. The summed E-state index contributed by atoms with van der Waals surface area (Å²) in [5, 5.41) is 0. The Morgan fingerprint density at radius 2 is 0.952 bits per heavy atom. The zero-order valence-electron chi connectivity index (χ0n) is 22.8. The molecule has 0 aliphatic heterocycles. The molecule has 0 N–H and O–H groups in total. The smallest absolute Gasteiger partial charge is 0.485 e. The first kappa shape index (κ1) is 37.1. The topological polar surface area (TPSA) is 132 Å². The van der Waals surface area contributed by atoms with E-state index in [0.29, 0.717) is 0 Å². The fourth-order valence-electron chi connectivity index (χ4n) is 3.18. The minimum absolute atomic E-state index is 0.930. The zero-order valence-corrected chi connectivity index (χ0v) is 24.4. The Balaban J connectivity index is 0.000000454. The Morgan fingerprint density at radius 1 is 0.667 bits per heavy atom. The lowest BCUT2D eigenvalue weighted by Gasteiger charge is -2.08. The summed E-state index contributed by atoms with van der Waals surface area (Å²) in [6, 6.07) is 9.00. The molecular formula is C24H32F6N4O6S2. The number of imidazole rings is 2. The van der Waals surface area contributed by atoms with E-state index in [4.69, 9.17) is 25.9 Å². The second kappa shape index (κ2) is 16.0. The van der Waals surface area contributed by atoms with Crippen molar-refractivity contribution in [1.29, 1.82) is 0 Å². The summed E-state index contributed by atoms with van der Waals surface area (Å²) in [5.74, 6) is 0. The highest BCUT2D eigenvalue weighted by atomic mass is 32.2. The minimum atomic E-state index is -6.09. The first-order valence-electron chi connectivity index (χ1n) is 12.5. The van der Waals surface area contributed by atoms with Gasteiger partial charge in [0.25, 0.3) is 0 Å². The first-order chi connectivity index (χ1) is 19.3. The van der Waals surface area contributed by atoms with Crippen LogP contribution in [-0.4, -0.2) is 46.1 Å². The van der Waals surface area contributed by atoms with Crippen molar-refractivity contribution in [2.45, 2.75) is 76.7 Å². The highest BCUT2D eigenvalue weighted by molar-refractivity contribution is 7.86. The zero-order chi connectivity index (χ0) is 32.2. The number of unbranched alkanes of at least 4 members (excludes halogenated alkanes) is 2. The lowest BCUT2D eigenvalue weighted by molar-refractivity contribution is -0.688. The summed E-state index contributed by atoms with van der Waals surface area (Å²) in [7, 11) is -12.2. The Morgan fingerprint density at radius 3 is 1.19 bits per heavy atom. The van der Waals surface area contributed by atoms with Gasteiger partial charge in [-0.25, -0.2) is 35.1 Å². The van der Waals surface area contributed by atoms with Gasteiger partial charge in [-0.1, -0.05) is 51.0 Å². The number of hydrogen-bond donors (Lipinski definition) is 0. The molecule has 0 aliphatic rings. The molecule has 0 bridgehead atoms. The predicted octanol–water partition coefficient (Wildman–Crippen LogP) is 3.66. The van der Waals surface area contributed by atoms with Crippen LogP contribution in [-0.2, 0) is 46.4 Å². The third-order valence-electron chi connectivity index (χ3n) is 5.35. The molecule has 1 aromatic carbocycles. The summed E-state index contributed by atoms with van der Waals surface area (Å²) >= 11 is 0. The van der Waals surface area contributed by atoms with Gasteiger partial charge >= 0.3 is 11.0 Å². The second-order valence-electron chi connectivity index (χ2n) is 8.97. The number of nitrogens with zero attached hydrogens (tertiary/aromatic N) is 4. The number of alkyl halides is 6. The molecule has 2 aromatic heterocycles. The monoisotopic (exact) mass is 650 g/mol. The highest BCUT2D eigenvalue weighted by Crippen LogP contribution is 2.21. The van der Waals surface area contributed by atoms with Crippen LogP contribution >= 0.6 is 0 Å². The average molecular weight is 651 g/mol. The number of aromatic nitrogens is 4. The van der Waals surface area contributed by atoms with E-state index < -0.39 is 31.3 Å². The Kier molecular flexibility index (Phi) is 14.2. The van der Waals surface area contributed by atoms with E-state index in [1.54, 1.807) is 0 Å². The largest absolute Gasteiger partial charge is 0.741 e. The summed E-state index contributed by atoms with van der Waals surface area (Å²) in [4.78, 5) is 0. The quantitative estimate of drug-likeness (QED) is 0.142. The van der Waals surface area contributed by atoms with Crippen LogP contribution in [0.4, 0.5) is 26.3 Å². The van der Waals surface area contributed by atoms with Gasteiger partial charge in [-0.3, -0.25) is 0 Å².